The standard InChI is InChI=1S/C16H19ClN2O2S/c1-10(6-8-20)19-16(21)11(2)22-15-5-7-18-14-9-12(17)3-4-13(14)15/h3-5,7,9-11,20H,6,8H2,1-2H3,(H,19,21)/t10-,11?/m1/s1. The molecular weight excluding hydrogens is 320 g/mol. The van der Waals surface area contributed by atoms with Crippen LogP contribution >= 0.6 is 23.4 Å². The number of nitrogens with one attached hydrogen (secondary N) is 1. The molecule has 0 fully saturated rings. The van der Waals surface area contributed by atoms with E-state index in [1.54, 1.807) is 6.20 Å². The lowest BCUT2D eigenvalue weighted by Crippen LogP contribution is -2.38. The number of amides is 1. The highest BCUT2D eigenvalue weighted by Gasteiger charge is 2.17. The summed E-state index contributed by atoms with van der Waals surface area (Å²) < 4.78 is 0. The minimum absolute atomic E-state index is 0.0338. The predicted octanol–water partition coefficient (Wildman–Crippen LogP) is 3.26. The van der Waals surface area contributed by atoms with Crippen LogP contribution in [-0.4, -0.2) is 33.9 Å². The first kappa shape index (κ1) is 17.1. The Morgan fingerprint density at radius 2 is 2.18 bits per heavy atom. The van der Waals surface area contributed by atoms with E-state index < -0.39 is 0 Å². The molecule has 1 aromatic heterocycles. The summed E-state index contributed by atoms with van der Waals surface area (Å²) in [7, 11) is 0. The lowest BCUT2D eigenvalue weighted by atomic mass is 10.2. The van der Waals surface area contributed by atoms with Crippen LogP contribution in [0.25, 0.3) is 10.9 Å². The van der Waals surface area contributed by atoms with Crippen LogP contribution in [0.2, 0.25) is 5.02 Å². The molecule has 4 nitrogen and oxygen atoms in total. The number of hydrogen-bond acceptors (Lipinski definition) is 4. The first-order chi connectivity index (χ1) is 10.5. The van der Waals surface area contributed by atoms with E-state index in [-0.39, 0.29) is 23.8 Å². The van der Waals surface area contributed by atoms with Crippen LogP contribution in [-0.2, 0) is 4.79 Å². The Kier molecular flexibility index (Phi) is 6.06. The Balaban J connectivity index is 2.11. The maximum absolute atomic E-state index is 12.2. The van der Waals surface area contributed by atoms with Gasteiger partial charge in [0.05, 0.1) is 10.8 Å². The van der Waals surface area contributed by atoms with E-state index in [9.17, 15) is 4.79 Å². The molecule has 0 aliphatic carbocycles. The number of nitrogens with zero attached hydrogens (tertiary/aromatic N) is 1. The van der Waals surface area contributed by atoms with Crippen molar-refractivity contribution in [2.45, 2.75) is 36.5 Å². The Bertz CT molecular complexity index is 666. The molecule has 1 aromatic carbocycles. The van der Waals surface area contributed by atoms with Crippen molar-refractivity contribution in [1.82, 2.24) is 10.3 Å². The molecule has 0 radical (unpaired) electrons. The maximum Gasteiger partial charge on any atom is 0.233 e. The molecule has 1 amide bonds. The first-order valence-corrected chi connectivity index (χ1v) is 8.39. The molecule has 0 bridgehead atoms. The third kappa shape index (κ3) is 4.35. The fourth-order valence-corrected chi connectivity index (χ4v) is 3.23. The molecule has 1 unspecified atom stereocenters. The molecule has 0 saturated heterocycles. The summed E-state index contributed by atoms with van der Waals surface area (Å²) in [4.78, 5) is 17.5. The largest absolute Gasteiger partial charge is 0.396 e. The maximum atomic E-state index is 12.2. The molecule has 1 heterocycles. The van der Waals surface area contributed by atoms with Crippen LogP contribution in [0.5, 0.6) is 0 Å². The molecule has 0 aliphatic heterocycles. The third-order valence-electron chi connectivity index (χ3n) is 3.29. The molecule has 2 aromatic rings. The number of aliphatic hydroxyl groups excluding tert-OH is 1. The van der Waals surface area contributed by atoms with Gasteiger partial charge in [0.2, 0.25) is 5.91 Å². The summed E-state index contributed by atoms with van der Waals surface area (Å²) >= 11 is 7.47. The molecule has 118 valence electrons. The summed E-state index contributed by atoms with van der Waals surface area (Å²) in [5.41, 5.74) is 0.818. The number of thioether (sulfide) groups is 1. The van der Waals surface area contributed by atoms with Crippen LogP contribution in [0.15, 0.2) is 35.4 Å². The van der Waals surface area contributed by atoms with E-state index >= 15 is 0 Å². The molecule has 6 heteroatoms. The monoisotopic (exact) mass is 338 g/mol. The number of aliphatic hydroxyl groups is 1. The number of benzene rings is 1. The van der Waals surface area contributed by atoms with Gasteiger partial charge in [-0.15, -0.1) is 11.8 Å². The van der Waals surface area contributed by atoms with Gasteiger partial charge in [0.15, 0.2) is 0 Å². The van der Waals surface area contributed by atoms with E-state index in [1.165, 1.54) is 11.8 Å². The number of halogens is 1. The number of hydrogen-bond donors (Lipinski definition) is 2. The number of aromatic nitrogens is 1. The van der Waals surface area contributed by atoms with Gasteiger partial charge in [0.25, 0.3) is 0 Å². The van der Waals surface area contributed by atoms with Crippen molar-refractivity contribution >= 4 is 40.2 Å². The minimum Gasteiger partial charge on any atom is -0.396 e. The smallest absolute Gasteiger partial charge is 0.233 e. The van der Waals surface area contributed by atoms with Crippen molar-refractivity contribution in [2.75, 3.05) is 6.61 Å². The third-order valence-corrected chi connectivity index (χ3v) is 4.70. The summed E-state index contributed by atoms with van der Waals surface area (Å²) in [5.74, 6) is -0.0372. The van der Waals surface area contributed by atoms with Crippen LogP contribution in [0.1, 0.15) is 20.3 Å². The lowest BCUT2D eigenvalue weighted by molar-refractivity contribution is -0.120. The Morgan fingerprint density at radius 1 is 1.41 bits per heavy atom. The number of fused-ring (bicyclic) bond motifs is 1. The predicted molar refractivity (Wildman–Crippen MR) is 91.4 cm³/mol. The van der Waals surface area contributed by atoms with Crippen LogP contribution in [0.4, 0.5) is 0 Å². The van der Waals surface area contributed by atoms with Gasteiger partial charge in [-0.05, 0) is 38.5 Å². The SMILES string of the molecule is CC(Sc1ccnc2cc(Cl)ccc12)C(=O)N[C@H](C)CCO. The number of pyridine rings is 1. The molecule has 0 spiro atoms. The average Bonchev–Trinajstić information content (AvgIpc) is 2.47. The van der Waals surface area contributed by atoms with Crippen molar-refractivity contribution in [3.05, 3.63) is 35.5 Å². The zero-order chi connectivity index (χ0) is 16.1. The van der Waals surface area contributed by atoms with Gasteiger partial charge in [-0.25, -0.2) is 0 Å². The van der Waals surface area contributed by atoms with Crippen LogP contribution in [0.3, 0.4) is 0 Å². The minimum atomic E-state index is -0.234. The van der Waals surface area contributed by atoms with Gasteiger partial charge in [-0.1, -0.05) is 17.7 Å². The van der Waals surface area contributed by atoms with Gasteiger partial charge in [-0.3, -0.25) is 9.78 Å². The zero-order valence-electron chi connectivity index (χ0n) is 12.5. The second-order valence-electron chi connectivity index (χ2n) is 5.15. The molecule has 0 saturated carbocycles. The van der Waals surface area contributed by atoms with Crippen molar-refractivity contribution in [3.8, 4) is 0 Å². The number of carbonyl (C=O) groups is 1. The molecule has 22 heavy (non-hydrogen) atoms. The fraction of sp³-hybridized carbons (Fsp3) is 0.375. The van der Waals surface area contributed by atoms with E-state index in [0.29, 0.717) is 11.4 Å². The van der Waals surface area contributed by atoms with E-state index in [0.717, 1.165) is 15.8 Å². The van der Waals surface area contributed by atoms with E-state index in [4.69, 9.17) is 16.7 Å². The molecule has 0 aliphatic rings. The summed E-state index contributed by atoms with van der Waals surface area (Å²) in [5, 5.41) is 13.2. The highest BCUT2D eigenvalue weighted by molar-refractivity contribution is 8.00. The Hall–Kier alpha value is -1.30. The quantitative estimate of drug-likeness (QED) is 0.794. The highest BCUT2D eigenvalue weighted by atomic mass is 35.5. The summed E-state index contributed by atoms with van der Waals surface area (Å²) in [6, 6.07) is 7.43. The second kappa shape index (κ2) is 7.81. The highest BCUT2D eigenvalue weighted by Crippen LogP contribution is 2.31. The summed E-state index contributed by atoms with van der Waals surface area (Å²) in [6.07, 6.45) is 2.28. The van der Waals surface area contributed by atoms with Gasteiger partial charge in [0, 0.05) is 34.1 Å². The van der Waals surface area contributed by atoms with Crippen molar-refractivity contribution in [2.24, 2.45) is 0 Å². The number of rotatable bonds is 6. The normalized spacial score (nSPS) is 13.8. The molecular formula is C16H19ClN2O2S. The van der Waals surface area contributed by atoms with E-state index in [1.807, 2.05) is 38.1 Å². The lowest BCUT2D eigenvalue weighted by Gasteiger charge is -2.17. The van der Waals surface area contributed by atoms with Crippen molar-refractivity contribution in [1.29, 1.82) is 0 Å². The van der Waals surface area contributed by atoms with Crippen LogP contribution < -0.4 is 5.32 Å². The second-order valence-corrected chi connectivity index (χ2v) is 6.97. The van der Waals surface area contributed by atoms with Gasteiger partial charge < -0.3 is 10.4 Å². The average molecular weight is 339 g/mol. The molecule has 2 atom stereocenters. The zero-order valence-corrected chi connectivity index (χ0v) is 14.1. The van der Waals surface area contributed by atoms with E-state index in [2.05, 4.69) is 10.3 Å². The fourth-order valence-electron chi connectivity index (χ4n) is 2.07. The van der Waals surface area contributed by atoms with Crippen molar-refractivity contribution in [3.63, 3.8) is 0 Å². The van der Waals surface area contributed by atoms with Gasteiger partial charge in [-0.2, -0.15) is 0 Å². The first-order valence-electron chi connectivity index (χ1n) is 7.13. The molecule has 2 N–H and O–H groups in total. The topological polar surface area (TPSA) is 62.2 Å². The van der Waals surface area contributed by atoms with Gasteiger partial charge in [0.1, 0.15) is 0 Å². The number of carbonyl (C=O) groups excluding carboxylic acids is 1. The summed E-state index contributed by atoms with van der Waals surface area (Å²) in [6.45, 7) is 3.82. The van der Waals surface area contributed by atoms with Crippen LogP contribution in [0, 0.1) is 0 Å². The Morgan fingerprint density at radius 3 is 2.91 bits per heavy atom. The van der Waals surface area contributed by atoms with Crippen molar-refractivity contribution < 1.29 is 9.90 Å². The molecule has 2 rings (SSSR count). The van der Waals surface area contributed by atoms with Gasteiger partial charge >= 0.3 is 0 Å². The Labute approximate surface area is 139 Å².